The van der Waals surface area contributed by atoms with E-state index in [1.54, 1.807) is 0 Å². The van der Waals surface area contributed by atoms with Gasteiger partial charge in [-0.3, -0.25) is 9.59 Å². The Morgan fingerprint density at radius 3 is 2.17 bits per heavy atom. The number of halogens is 1. The van der Waals surface area contributed by atoms with Crippen LogP contribution in [0.2, 0.25) is 0 Å². The Hall–Kier alpha value is -2.74. The van der Waals surface area contributed by atoms with Gasteiger partial charge < -0.3 is 10.6 Å². The first-order valence-electron chi connectivity index (χ1n) is 6.85. The topological polar surface area (TPSA) is 92.3 Å². The molecular formula is C16H15FN2O4S. The number of sulfone groups is 1. The van der Waals surface area contributed by atoms with Gasteiger partial charge in [0.15, 0.2) is 9.84 Å². The largest absolute Gasteiger partial charge is 0.324 e. The van der Waals surface area contributed by atoms with Crippen molar-refractivity contribution in [2.24, 2.45) is 0 Å². The van der Waals surface area contributed by atoms with E-state index in [-0.39, 0.29) is 21.8 Å². The van der Waals surface area contributed by atoms with Gasteiger partial charge in [0.2, 0.25) is 5.91 Å². The van der Waals surface area contributed by atoms with Crippen LogP contribution in [0, 0.1) is 5.82 Å². The summed E-state index contributed by atoms with van der Waals surface area (Å²) >= 11 is 0. The molecule has 6 nitrogen and oxygen atoms in total. The lowest BCUT2D eigenvalue weighted by molar-refractivity contribution is -0.114. The maximum atomic E-state index is 13.6. The van der Waals surface area contributed by atoms with Gasteiger partial charge >= 0.3 is 0 Å². The predicted octanol–water partition coefficient (Wildman–Crippen LogP) is 2.44. The second-order valence-electron chi connectivity index (χ2n) is 5.13. The Morgan fingerprint density at radius 1 is 1.00 bits per heavy atom. The Labute approximate surface area is 138 Å². The van der Waals surface area contributed by atoms with Crippen molar-refractivity contribution >= 4 is 33.0 Å². The molecule has 0 aliphatic heterocycles. The third-order valence-electron chi connectivity index (χ3n) is 3.08. The molecule has 0 heterocycles. The zero-order valence-corrected chi connectivity index (χ0v) is 13.8. The summed E-state index contributed by atoms with van der Waals surface area (Å²) in [7, 11) is -3.34. The van der Waals surface area contributed by atoms with Crippen molar-refractivity contribution in [3.05, 3.63) is 53.8 Å². The van der Waals surface area contributed by atoms with E-state index in [4.69, 9.17) is 0 Å². The van der Waals surface area contributed by atoms with Crippen LogP contribution in [0.3, 0.4) is 0 Å². The van der Waals surface area contributed by atoms with Crippen LogP contribution >= 0.6 is 0 Å². The average Bonchev–Trinajstić information content (AvgIpc) is 2.49. The summed E-state index contributed by atoms with van der Waals surface area (Å²) in [6.45, 7) is 1.24. The van der Waals surface area contributed by atoms with Crippen LogP contribution in [0.5, 0.6) is 0 Å². The molecule has 0 unspecified atom stereocenters. The summed E-state index contributed by atoms with van der Waals surface area (Å²) < 4.78 is 36.3. The fourth-order valence-corrected chi connectivity index (χ4v) is 2.58. The number of hydrogen-bond donors (Lipinski definition) is 2. The highest BCUT2D eigenvalue weighted by atomic mass is 32.2. The van der Waals surface area contributed by atoms with Crippen LogP contribution in [0.1, 0.15) is 17.3 Å². The molecule has 126 valence electrons. The number of carbonyl (C=O) groups is 2. The molecule has 2 aromatic rings. The fraction of sp³-hybridized carbons (Fsp3) is 0.125. The lowest BCUT2D eigenvalue weighted by Gasteiger charge is -2.09. The number of anilines is 2. The van der Waals surface area contributed by atoms with Crippen molar-refractivity contribution < 1.29 is 22.4 Å². The van der Waals surface area contributed by atoms with Crippen molar-refractivity contribution in [3.63, 3.8) is 0 Å². The van der Waals surface area contributed by atoms with Gasteiger partial charge in [0, 0.05) is 24.4 Å². The Morgan fingerprint density at radius 2 is 1.62 bits per heavy atom. The predicted molar refractivity (Wildman–Crippen MR) is 88.2 cm³/mol. The van der Waals surface area contributed by atoms with E-state index in [0.717, 1.165) is 12.3 Å². The van der Waals surface area contributed by atoms with Crippen LogP contribution in [0.4, 0.5) is 15.8 Å². The first-order chi connectivity index (χ1) is 11.2. The summed E-state index contributed by atoms with van der Waals surface area (Å²) in [4.78, 5) is 23.3. The molecule has 2 amide bonds. The third kappa shape index (κ3) is 4.39. The number of amides is 2. The molecule has 0 aliphatic rings. The van der Waals surface area contributed by atoms with Crippen molar-refractivity contribution in [3.8, 4) is 0 Å². The lowest BCUT2D eigenvalue weighted by Crippen LogP contribution is -2.13. The molecule has 0 spiro atoms. The van der Waals surface area contributed by atoms with Gasteiger partial charge in [-0.2, -0.15) is 0 Å². The van der Waals surface area contributed by atoms with Gasteiger partial charge in [-0.05, 0) is 42.5 Å². The summed E-state index contributed by atoms with van der Waals surface area (Å²) in [5.41, 5.74) is 0.484. The second-order valence-corrected chi connectivity index (χ2v) is 7.14. The Bertz CT molecular complexity index is 893. The zero-order chi connectivity index (χ0) is 17.9. The summed E-state index contributed by atoms with van der Waals surface area (Å²) in [5, 5.41) is 4.87. The molecule has 2 N–H and O–H groups in total. The second kappa shape index (κ2) is 6.79. The van der Waals surface area contributed by atoms with E-state index in [0.29, 0.717) is 0 Å². The molecule has 0 fully saturated rings. The van der Waals surface area contributed by atoms with Crippen molar-refractivity contribution in [2.45, 2.75) is 11.8 Å². The maximum absolute atomic E-state index is 13.6. The van der Waals surface area contributed by atoms with Crippen molar-refractivity contribution in [1.29, 1.82) is 0 Å². The minimum Gasteiger partial charge on any atom is -0.324 e. The summed E-state index contributed by atoms with van der Waals surface area (Å²) in [6.07, 6.45) is 1.07. The number of carbonyl (C=O) groups excluding carboxylic acids is 2. The molecule has 0 saturated heterocycles. The number of benzene rings is 2. The SMILES string of the molecule is CC(=O)Nc1cc(NC(=O)c2ccc(S(C)(=O)=O)cc2)ccc1F. The van der Waals surface area contributed by atoms with E-state index in [9.17, 15) is 22.4 Å². The van der Waals surface area contributed by atoms with Crippen LogP contribution < -0.4 is 10.6 Å². The molecule has 2 rings (SSSR count). The van der Waals surface area contributed by atoms with E-state index in [2.05, 4.69) is 10.6 Å². The number of rotatable bonds is 4. The van der Waals surface area contributed by atoms with Crippen LogP contribution in [0.25, 0.3) is 0 Å². The molecular weight excluding hydrogens is 335 g/mol. The van der Waals surface area contributed by atoms with Gasteiger partial charge in [0.1, 0.15) is 5.82 Å². The van der Waals surface area contributed by atoms with E-state index in [1.165, 1.54) is 43.3 Å². The zero-order valence-electron chi connectivity index (χ0n) is 13.0. The molecule has 2 aromatic carbocycles. The highest BCUT2D eigenvalue weighted by Gasteiger charge is 2.11. The van der Waals surface area contributed by atoms with E-state index < -0.39 is 27.5 Å². The van der Waals surface area contributed by atoms with Crippen LogP contribution in [-0.4, -0.2) is 26.5 Å². The highest BCUT2D eigenvalue weighted by Crippen LogP contribution is 2.20. The molecule has 24 heavy (non-hydrogen) atoms. The summed E-state index contributed by atoms with van der Waals surface area (Å²) in [5.74, 6) is -1.55. The van der Waals surface area contributed by atoms with Crippen molar-refractivity contribution in [1.82, 2.24) is 0 Å². The minimum absolute atomic E-state index is 0.0484. The monoisotopic (exact) mass is 350 g/mol. The third-order valence-corrected chi connectivity index (χ3v) is 4.21. The minimum atomic E-state index is -3.34. The summed E-state index contributed by atoms with van der Waals surface area (Å²) in [6, 6.07) is 9.18. The molecule has 0 radical (unpaired) electrons. The Balaban J connectivity index is 2.19. The van der Waals surface area contributed by atoms with Gasteiger partial charge in [0.05, 0.1) is 10.6 Å². The van der Waals surface area contributed by atoms with E-state index in [1.807, 2.05) is 0 Å². The maximum Gasteiger partial charge on any atom is 0.255 e. The quantitative estimate of drug-likeness (QED) is 0.886. The van der Waals surface area contributed by atoms with Gasteiger partial charge in [-0.1, -0.05) is 0 Å². The highest BCUT2D eigenvalue weighted by molar-refractivity contribution is 7.90. The van der Waals surface area contributed by atoms with Gasteiger partial charge in [-0.25, -0.2) is 12.8 Å². The molecule has 8 heteroatoms. The molecule has 0 atom stereocenters. The fourth-order valence-electron chi connectivity index (χ4n) is 1.95. The van der Waals surface area contributed by atoms with E-state index >= 15 is 0 Å². The van der Waals surface area contributed by atoms with Crippen LogP contribution in [-0.2, 0) is 14.6 Å². The first kappa shape index (κ1) is 17.6. The normalized spacial score (nSPS) is 11.0. The lowest BCUT2D eigenvalue weighted by atomic mass is 10.2. The van der Waals surface area contributed by atoms with Crippen molar-refractivity contribution in [2.75, 3.05) is 16.9 Å². The Kier molecular flexibility index (Phi) is 4.99. The average molecular weight is 350 g/mol. The molecule has 0 aromatic heterocycles. The van der Waals surface area contributed by atoms with Crippen LogP contribution in [0.15, 0.2) is 47.4 Å². The number of hydrogen-bond acceptors (Lipinski definition) is 4. The van der Waals surface area contributed by atoms with Gasteiger partial charge in [-0.15, -0.1) is 0 Å². The molecule has 0 saturated carbocycles. The standard InChI is InChI=1S/C16H15FN2O4S/c1-10(20)18-15-9-12(5-8-14(15)17)19-16(21)11-3-6-13(7-4-11)24(2,22)23/h3-9H,1-2H3,(H,18,20)(H,19,21). The van der Waals surface area contributed by atoms with Gasteiger partial charge in [0.25, 0.3) is 5.91 Å². The number of nitrogens with one attached hydrogen (secondary N) is 2. The first-order valence-corrected chi connectivity index (χ1v) is 8.74. The smallest absolute Gasteiger partial charge is 0.255 e. The molecule has 0 aliphatic carbocycles. The molecule has 0 bridgehead atoms.